The van der Waals surface area contributed by atoms with Crippen LogP contribution in [0.25, 0.3) is 22.9 Å². The van der Waals surface area contributed by atoms with Crippen LogP contribution in [0, 0.1) is 13.8 Å². The Kier molecular flexibility index (Phi) is 4.34. The summed E-state index contributed by atoms with van der Waals surface area (Å²) in [7, 11) is 0. The van der Waals surface area contributed by atoms with Gasteiger partial charge in [0.1, 0.15) is 5.76 Å². The van der Waals surface area contributed by atoms with Crippen LogP contribution in [-0.4, -0.2) is 20.4 Å². The fraction of sp³-hybridized carbons (Fsp3) is 0.222. The summed E-state index contributed by atoms with van der Waals surface area (Å²) in [5.74, 6) is 2.16. The van der Waals surface area contributed by atoms with E-state index in [1.807, 2.05) is 45.0 Å². The molecular formula is C18H16N4O3S. The Morgan fingerprint density at radius 2 is 1.65 bits per heavy atom. The lowest BCUT2D eigenvalue weighted by molar-refractivity contribution is 0.459. The first-order valence-corrected chi connectivity index (χ1v) is 8.93. The summed E-state index contributed by atoms with van der Waals surface area (Å²) < 4.78 is 16.8. The van der Waals surface area contributed by atoms with E-state index < -0.39 is 0 Å². The molecule has 132 valence electrons. The summed E-state index contributed by atoms with van der Waals surface area (Å²) in [6, 6.07) is 9.74. The zero-order valence-electron chi connectivity index (χ0n) is 14.5. The molecular weight excluding hydrogens is 352 g/mol. The van der Waals surface area contributed by atoms with E-state index in [0.717, 1.165) is 16.9 Å². The van der Waals surface area contributed by atoms with Gasteiger partial charge in [0, 0.05) is 5.56 Å². The molecule has 0 fully saturated rings. The Labute approximate surface area is 153 Å². The molecule has 26 heavy (non-hydrogen) atoms. The van der Waals surface area contributed by atoms with Crippen molar-refractivity contribution in [1.82, 2.24) is 20.4 Å². The minimum absolute atomic E-state index is 0.125. The molecule has 0 bridgehead atoms. The highest BCUT2D eigenvalue weighted by atomic mass is 32.2. The van der Waals surface area contributed by atoms with Crippen LogP contribution >= 0.6 is 11.8 Å². The van der Waals surface area contributed by atoms with E-state index in [9.17, 15) is 0 Å². The van der Waals surface area contributed by atoms with Gasteiger partial charge in [0.25, 0.3) is 11.1 Å². The third-order valence-electron chi connectivity index (χ3n) is 3.86. The van der Waals surface area contributed by atoms with Gasteiger partial charge in [-0.1, -0.05) is 29.5 Å². The third kappa shape index (κ3) is 3.28. The molecule has 0 aliphatic rings. The summed E-state index contributed by atoms with van der Waals surface area (Å²) in [6.45, 7) is 5.83. The van der Waals surface area contributed by atoms with Crippen LogP contribution < -0.4 is 0 Å². The van der Waals surface area contributed by atoms with Crippen LogP contribution in [0.3, 0.4) is 0 Å². The number of hydrogen-bond acceptors (Lipinski definition) is 8. The fourth-order valence-electron chi connectivity index (χ4n) is 2.39. The Morgan fingerprint density at radius 3 is 2.38 bits per heavy atom. The Morgan fingerprint density at radius 1 is 0.885 bits per heavy atom. The smallest absolute Gasteiger partial charge is 0.277 e. The van der Waals surface area contributed by atoms with E-state index in [1.165, 1.54) is 17.3 Å². The fourth-order valence-corrected chi connectivity index (χ4v) is 3.10. The Hall–Kier alpha value is -2.87. The van der Waals surface area contributed by atoms with Gasteiger partial charge in [0.05, 0.1) is 17.1 Å². The highest BCUT2D eigenvalue weighted by Gasteiger charge is 2.20. The number of furan rings is 1. The molecule has 4 rings (SSSR count). The number of aromatic nitrogens is 4. The zero-order chi connectivity index (χ0) is 18.1. The van der Waals surface area contributed by atoms with Crippen molar-refractivity contribution < 1.29 is 13.3 Å². The lowest BCUT2D eigenvalue weighted by atomic mass is 10.1. The number of benzene rings is 1. The van der Waals surface area contributed by atoms with Crippen LogP contribution in [0.5, 0.6) is 0 Å². The van der Waals surface area contributed by atoms with E-state index in [2.05, 4.69) is 20.4 Å². The summed E-state index contributed by atoms with van der Waals surface area (Å²) in [5, 5.41) is 16.7. The maximum absolute atomic E-state index is 5.79. The maximum Gasteiger partial charge on any atom is 0.277 e. The average molecular weight is 368 g/mol. The standard InChI is InChI=1S/C18H16N4O3S/c1-10-4-6-13(7-5-10)16-20-19-15(24-16)12(3)26-18-22-21-17(25-18)14-8-9-23-11(14)2/h4-9,12H,1-3H3. The predicted octanol–water partition coefficient (Wildman–Crippen LogP) is 4.85. The molecule has 0 saturated carbocycles. The molecule has 3 aromatic heterocycles. The van der Waals surface area contributed by atoms with Crippen LogP contribution in [0.2, 0.25) is 0 Å². The van der Waals surface area contributed by atoms with Crippen molar-refractivity contribution in [3.05, 3.63) is 53.8 Å². The predicted molar refractivity (Wildman–Crippen MR) is 95.5 cm³/mol. The van der Waals surface area contributed by atoms with E-state index in [4.69, 9.17) is 13.3 Å². The third-order valence-corrected chi connectivity index (χ3v) is 4.78. The zero-order valence-corrected chi connectivity index (χ0v) is 15.3. The number of aryl methyl sites for hydroxylation is 2. The van der Waals surface area contributed by atoms with Gasteiger partial charge in [-0.05, 0) is 39.0 Å². The highest BCUT2D eigenvalue weighted by Crippen LogP contribution is 2.36. The van der Waals surface area contributed by atoms with Crippen molar-refractivity contribution >= 4 is 11.8 Å². The first-order valence-electron chi connectivity index (χ1n) is 8.05. The van der Waals surface area contributed by atoms with Gasteiger partial charge in [-0.3, -0.25) is 0 Å². The molecule has 1 atom stereocenters. The van der Waals surface area contributed by atoms with Gasteiger partial charge in [0.15, 0.2) is 0 Å². The molecule has 3 heterocycles. The molecule has 7 nitrogen and oxygen atoms in total. The quantitative estimate of drug-likeness (QED) is 0.462. The SMILES string of the molecule is Cc1ccc(-c2nnc(C(C)Sc3nnc(-c4ccoc4C)o3)o2)cc1. The van der Waals surface area contributed by atoms with Gasteiger partial charge < -0.3 is 13.3 Å². The van der Waals surface area contributed by atoms with Crippen LogP contribution in [0.15, 0.2) is 55.1 Å². The second kappa shape index (κ2) is 6.80. The summed E-state index contributed by atoms with van der Waals surface area (Å²) >= 11 is 1.36. The minimum atomic E-state index is -0.125. The Bertz CT molecular complexity index is 1020. The molecule has 8 heteroatoms. The molecule has 1 unspecified atom stereocenters. The first kappa shape index (κ1) is 16.6. The summed E-state index contributed by atoms with van der Waals surface area (Å²) in [4.78, 5) is 0. The number of thioether (sulfide) groups is 1. The van der Waals surface area contributed by atoms with Crippen molar-refractivity contribution in [2.24, 2.45) is 0 Å². The van der Waals surface area contributed by atoms with Crippen molar-refractivity contribution in [3.8, 4) is 22.9 Å². The highest BCUT2D eigenvalue weighted by molar-refractivity contribution is 7.99. The lowest BCUT2D eigenvalue weighted by Gasteiger charge is -2.01. The van der Waals surface area contributed by atoms with Gasteiger partial charge in [0.2, 0.25) is 11.8 Å². The van der Waals surface area contributed by atoms with Crippen LogP contribution in [-0.2, 0) is 0 Å². The number of hydrogen-bond donors (Lipinski definition) is 0. The van der Waals surface area contributed by atoms with Crippen LogP contribution in [0.4, 0.5) is 0 Å². The number of nitrogens with zero attached hydrogens (tertiary/aromatic N) is 4. The van der Waals surface area contributed by atoms with E-state index in [0.29, 0.717) is 22.9 Å². The van der Waals surface area contributed by atoms with Gasteiger partial charge in [-0.2, -0.15) is 0 Å². The van der Waals surface area contributed by atoms with Gasteiger partial charge >= 0.3 is 0 Å². The maximum atomic E-state index is 5.79. The molecule has 4 aromatic rings. The molecule has 0 radical (unpaired) electrons. The van der Waals surface area contributed by atoms with Crippen molar-refractivity contribution in [3.63, 3.8) is 0 Å². The first-order chi connectivity index (χ1) is 12.6. The van der Waals surface area contributed by atoms with Crippen molar-refractivity contribution in [2.45, 2.75) is 31.2 Å². The number of rotatable bonds is 5. The monoisotopic (exact) mass is 368 g/mol. The van der Waals surface area contributed by atoms with E-state index >= 15 is 0 Å². The topological polar surface area (TPSA) is 91.0 Å². The molecule has 0 amide bonds. The van der Waals surface area contributed by atoms with Crippen molar-refractivity contribution in [1.29, 1.82) is 0 Å². The molecule has 0 N–H and O–H groups in total. The van der Waals surface area contributed by atoms with E-state index in [-0.39, 0.29) is 5.25 Å². The second-order valence-electron chi connectivity index (χ2n) is 5.84. The molecule has 0 saturated heterocycles. The lowest BCUT2D eigenvalue weighted by Crippen LogP contribution is -1.88. The minimum Gasteiger partial charge on any atom is -0.469 e. The van der Waals surface area contributed by atoms with Gasteiger partial charge in [-0.25, -0.2) is 0 Å². The molecule has 1 aromatic carbocycles. The van der Waals surface area contributed by atoms with Crippen molar-refractivity contribution in [2.75, 3.05) is 0 Å². The van der Waals surface area contributed by atoms with E-state index in [1.54, 1.807) is 12.3 Å². The second-order valence-corrected chi connectivity index (χ2v) is 7.13. The largest absolute Gasteiger partial charge is 0.469 e. The summed E-state index contributed by atoms with van der Waals surface area (Å²) in [6.07, 6.45) is 1.59. The normalized spacial score (nSPS) is 12.4. The molecule has 0 aliphatic heterocycles. The van der Waals surface area contributed by atoms with Crippen LogP contribution in [0.1, 0.15) is 29.4 Å². The summed E-state index contributed by atoms with van der Waals surface area (Å²) in [5.41, 5.74) is 2.86. The molecule has 0 aliphatic carbocycles. The van der Waals surface area contributed by atoms with Gasteiger partial charge in [-0.15, -0.1) is 20.4 Å². The molecule has 0 spiro atoms. The Balaban J connectivity index is 1.49. The average Bonchev–Trinajstić information content (AvgIpc) is 3.36.